The maximum Gasteiger partial charge on any atom is 1.00 e. The Kier molecular flexibility index (Phi) is 20.0. The molecule has 0 nitrogen and oxygen atoms in total. The van der Waals surface area contributed by atoms with Gasteiger partial charge in [-0.3, -0.25) is 0 Å². The fourth-order valence-electron chi connectivity index (χ4n) is 0. The van der Waals surface area contributed by atoms with Crippen LogP contribution < -0.4 is 29.6 Å². The van der Waals surface area contributed by atoms with Crippen LogP contribution >= 0.6 is 15.9 Å². The van der Waals surface area contributed by atoms with Crippen molar-refractivity contribution in [3.05, 3.63) is 6.92 Å². The average Bonchev–Trinajstić information content (AvgIpc) is 0.918. The minimum Gasteiger partial charge on any atom is -0.333 e. The fourth-order valence-corrected chi connectivity index (χ4v) is 0. The van der Waals surface area contributed by atoms with Crippen molar-refractivity contribution in [2.24, 2.45) is 0 Å². The molecule has 0 unspecified atom stereocenters. The Morgan fingerprint density at radius 2 is 1.75 bits per heavy atom. The second kappa shape index (κ2) is 8.82. The van der Waals surface area contributed by atoms with Crippen LogP contribution in [-0.2, 0) is 0 Å². The summed E-state index contributed by atoms with van der Waals surface area (Å²) in [5, 5.41) is 0.812. The largest absolute Gasteiger partial charge is 1.00 e. The zero-order valence-corrected chi connectivity index (χ0v) is 6.38. The van der Waals surface area contributed by atoms with Gasteiger partial charge in [-0.1, -0.05) is 0 Å². The third-order valence-corrected chi connectivity index (χ3v) is 0. The van der Waals surface area contributed by atoms with Crippen LogP contribution in [0.5, 0.6) is 0 Å². The van der Waals surface area contributed by atoms with E-state index in [2.05, 4.69) is 22.9 Å². The topological polar surface area (TPSA) is 0 Å². The summed E-state index contributed by atoms with van der Waals surface area (Å²) in [5.74, 6) is 0. The summed E-state index contributed by atoms with van der Waals surface area (Å²) in [4.78, 5) is 0. The molecule has 0 aliphatic rings. The zero-order valence-electron chi connectivity index (χ0n) is 2.79. The summed E-state index contributed by atoms with van der Waals surface area (Å²) in [6, 6.07) is 0. The van der Waals surface area contributed by atoms with Crippen LogP contribution in [0.2, 0.25) is 0 Å². The van der Waals surface area contributed by atoms with E-state index in [9.17, 15) is 0 Å². The van der Waals surface area contributed by atoms with Gasteiger partial charge < -0.3 is 6.92 Å². The molecule has 0 aromatic heterocycles. The van der Waals surface area contributed by atoms with Crippen molar-refractivity contribution in [2.45, 2.75) is 0 Å². The summed E-state index contributed by atoms with van der Waals surface area (Å²) >= 11 is 3.03. The maximum atomic E-state index is 3.40. The van der Waals surface area contributed by atoms with Crippen LogP contribution in [0, 0.1) is 6.92 Å². The third kappa shape index (κ3) is 9.77. The smallest absolute Gasteiger partial charge is 0.333 e. The SMILES string of the molecule is [CH2-]CBr.[Na+]. The van der Waals surface area contributed by atoms with Gasteiger partial charge in [0.2, 0.25) is 0 Å². The second-order valence-electron chi connectivity index (χ2n) is 0.189. The van der Waals surface area contributed by atoms with E-state index < -0.39 is 0 Å². The Bertz CT molecular complexity index is 6.00. The molecule has 0 saturated carbocycles. The van der Waals surface area contributed by atoms with Gasteiger partial charge in [0.05, 0.1) is 0 Å². The molecular formula is C2H4BrNa. The number of halogens is 1. The Morgan fingerprint density at radius 3 is 1.75 bits per heavy atom. The number of rotatable bonds is 0. The molecule has 0 radical (unpaired) electrons. The van der Waals surface area contributed by atoms with Crippen molar-refractivity contribution in [2.75, 3.05) is 5.33 Å². The summed E-state index contributed by atoms with van der Waals surface area (Å²) in [5.41, 5.74) is 0. The minimum atomic E-state index is 0. The molecular weight excluding hydrogens is 127 g/mol. The van der Waals surface area contributed by atoms with E-state index in [0.717, 1.165) is 5.33 Å². The van der Waals surface area contributed by atoms with Crippen molar-refractivity contribution in [3.8, 4) is 0 Å². The Balaban J connectivity index is 0. The van der Waals surface area contributed by atoms with E-state index in [1.165, 1.54) is 0 Å². The molecule has 20 valence electrons. The maximum absolute atomic E-state index is 3.40. The first-order valence-electron chi connectivity index (χ1n) is 0.767. The monoisotopic (exact) mass is 130 g/mol. The van der Waals surface area contributed by atoms with Crippen molar-refractivity contribution in [1.29, 1.82) is 0 Å². The molecule has 4 heavy (non-hydrogen) atoms. The van der Waals surface area contributed by atoms with Gasteiger partial charge in [0.15, 0.2) is 0 Å². The van der Waals surface area contributed by atoms with E-state index in [1.807, 2.05) is 0 Å². The summed E-state index contributed by atoms with van der Waals surface area (Å²) in [6.07, 6.45) is 0. The van der Waals surface area contributed by atoms with Gasteiger partial charge in [-0.25, -0.2) is 0 Å². The van der Waals surface area contributed by atoms with Gasteiger partial charge in [-0.05, 0) is 0 Å². The van der Waals surface area contributed by atoms with Crippen LogP contribution in [0.3, 0.4) is 0 Å². The van der Waals surface area contributed by atoms with E-state index in [1.54, 1.807) is 0 Å². The average molecular weight is 131 g/mol. The number of hydrogen-bond acceptors (Lipinski definition) is 0. The predicted molar refractivity (Wildman–Crippen MR) is 19.2 cm³/mol. The molecule has 0 atom stereocenters. The van der Waals surface area contributed by atoms with Gasteiger partial charge in [0.25, 0.3) is 0 Å². The van der Waals surface area contributed by atoms with Crippen LogP contribution in [0.25, 0.3) is 0 Å². The van der Waals surface area contributed by atoms with Gasteiger partial charge in [0, 0.05) is 0 Å². The molecule has 0 bridgehead atoms. The van der Waals surface area contributed by atoms with Crippen LogP contribution in [0.1, 0.15) is 0 Å². The Morgan fingerprint density at radius 1 is 1.75 bits per heavy atom. The van der Waals surface area contributed by atoms with Gasteiger partial charge >= 0.3 is 29.6 Å². The standard InChI is InChI=1S/C2H4Br.Na/c1-2-3;/h1-2H2;/q-1;+1. The van der Waals surface area contributed by atoms with E-state index in [-0.39, 0.29) is 29.6 Å². The molecule has 0 aromatic carbocycles. The Labute approximate surface area is 57.4 Å². The first-order valence-corrected chi connectivity index (χ1v) is 1.89. The third-order valence-electron chi connectivity index (χ3n) is 0. The molecule has 0 aromatic rings. The zero-order chi connectivity index (χ0) is 2.71. The van der Waals surface area contributed by atoms with Crippen LogP contribution in [0.15, 0.2) is 0 Å². The van der Waals surface area contributed by atoms with E-state index in [4.69, 9.17) is 0 Å². The van der Waals surface area contributed by atoms with Crippen molar-refractivity contribution >= 4 is 15.9 Å². The van der Waals surface area contributed by atoms with E-state index >= 15 is 0 Å². The van der Waals surface area contributed by atoms with Gasteiger partial charge in [-0.15, -0.1) is 21.3 Å². The van der Waals surface area contributed by atoms with Crippen molar-refractivity contribution in [1.82, 2.24) is 0 Å². The van der Waals surface area contributed by atoms with E-state index in [0.29, 0.717) is 0 Å². The molecule has 0 rings (SSSR count). The molecule has 0 heterocycles. The quantitative estimate of drug-likeness (QED) is 0.207. The first kappa shape index (κ1) is 9.08. The fraction of sp³-hybridized carbons (Fsp3) is 0.500. The normalized spacial score (nSPS) is 4.50. The number of hydrogen-bond donors (Lipinski definition) is 0. The van der Waals surface area contributed by atoms with Crippen LogP contribution in [-0.4, -0.2) is 5.33 Å². The molecule has 0 aliphatic heterocycles. The minimum absolute atomic E-state index is 0. The number of alkyl halides is 1. The summed E-state index contributed by atoms with van der Waals surface area (Å²) < 4.78 is 0. The van der Waals surface area contributed by atoms with Crippen LogP contribution in [0.4, 0.5) is 0 Å². The molecule has 0 fully saturated rings. The molecule has 0 saturated heterocycles. The second-order valence-corrected chi connectivity index (χ2v) is 0.982. The first-order chi connectivity index (χ1) is 1.41. The molecule has 0 amide bonds. The molecule has 0 spiro atoms. The summed E-state index contributed by atoms with van der Waals surface area (Å²) in [7, 11) is 0. The van der Waals surface area contributed by atoms with Crippen molar-refractivity contribution in [3.63, 3.8) is 0 Å². The molecule has 0 N–H and O–H groups in total. The van der Waals surface area contributed by atoms with Crippen molar-refractivity contribution < 1.29 is 29.6 Å². The Hall–Kier alpha value is 1.48. The molecule has 0 aliphatic carbocycles. The predicted octanol–water partition coefficient (Wildman–Crippen LogP) is -1.78. The molecule has 2 heteroatoms. The van der Waals surface area contributed by atoms with Gasteiger partial charge in [0.1, 0.15) is 0 Å². The van der Waals surface area contributed by atoms with Gasteiger partial charge in [-0.2, -0.15) is 0 Å². The summed E-state index contributed by atoms with van der Waals surface area (Å²) in [6.45, 7) is 3.40.